The van der Waals surface area contributed by atoms with Gasteiger partial charge in [-0.2, -0.15) is 0 Å². The van der Waals surface area contributed by atoms with E-state index in [1.807, 2.05) is 6.07 Å². The number of carbonyl (C=O) groups excluding carboxylic acids is 1. The van der Waals surface area contributed by atoms with Crippen LogP contribution >= 0.6 is 15.9 Å². The molecule has 0 saturated carbocycles. The monoisotopic (exact) mass is 326 g/mol. The minimum atomic E-state index is -0.167. The zero-order chi connectivity index (χ0) is 13.8. The molecule has 2 rings (SSSR count). The van der Waals surface area contributed by atoms with Crippen LogP contribution in [0.25, 0.3) is 0 Å². The van der Waals surface area contributed by atoms with Crippen LogP contribution in [-0.2, 0) is 11.2 Å². The number of nitrogens with one attached hydrogen (secondary N) is 2. The number of hydrogen-bond donors (Lipinski definition) is 3. The van der Waals surface area contributed by atoms with Gasteiger partial charge in [0.2, 0.25) is 5.91 Å². The van der Waals surface area contributed by atoms with Gasteiger partial charge in [-0.25, -0.2) is 0 Å². The number of hydrogen-bond acceptors (Lipinski definition) is 3. The molecule has 1 fully saturated rings. The molecule has 0 bridgehead atoms. The van der Waals surface area contributed by atoms with E-state index >= 15 is 0 Å². The van der Waals surface area contributed by atoms with Gasteiger partial charge in [-0.05, 0) is 56.0 Å². The molecule has 1 aliphatic rings. The molecule has 0 spiro atoms. The lowest BCUT2D eigenvalue weighted by Gasteiger charge is -2.24. The number of phenols is 1. The first kappa shape index (κ1) is 14.3. The third-order valence-corrected chi connectivity index (χ3v) is 4.23. The molecule has 3 N–H and O–H groups in total. The summed E-state index contributed by atoms with van der Waals surface area (Å²) in [5.74, 6) is 0.550. The number of aromatic hydroxyl groups is 1. The molecular formula is C14H19BrN2O2. The van der Waals surface area contributed by atoms with Gasteiger partial charge in [0.05, 0.1) is 5.69 Å². The third kappa shape index (κ3) is 3.70. The number of amides is 1. The van der Waals surface area contributed by atoms with Crippen molar-refractivity contribution in [1.82, 2.24) is 5.32 Å². The van der Waals surface area contributed by atoms with Crippen LogP contribution in [0.5, 0.6) is 5.75 Å². The highest BCUT2D eigenvalue weighted by molar-refractivity contribution is 9.10. The minimum Gasteiger partial charge on any atom is -0.506 e. The van der Waals surface area contributed by atoms with Crippen molar-refractivity contribution in [3.8, 4) is 5.75 Å². The summed E-state index contributed by atoms with van der Waals surface area (Å²) in [5.41, 5.74) is 1.53. The first-order chi connectivity index (χ1) is 9.08. The van der Waals surface area contributed by atoms with Gasteiger partial charge in [0.1, 0.15) is 5.75 Å². The first-order valence-electron chi connectivity index (χ1n) is 6.56. The molecule has 0 atom stereocenters. The summed E-state index contributed by atoms with van der Waals surface area (Å²) < 4.78 is 0.938. The predicted molar refractivity (Wildman–Crippen MR) is 79.4 cm³/mol. The van der Waals surface area contributed by atoms with Gasteiger partial charge in [-0.1, -0.05) is 15.9 Å². The van der Waals surface area contributed by atoms with Crippen LogP contribution in [0.3, 0.4) is 0 Å². The number of carbonyl (C=O) groups is 1. The van der Waals surface area contributed by atoms with Gasteiger partial charge in [0.25, 0.3) is 0 Å². The smallest absolute Gasteiger partial charge is 0.221 e. The molecule has 0 radical (unpaired) electrons. The van der Waals surface area contributed by atoms with E-state index in [0.717, 1.165) is 42.4 Å². The van der Waals surface area contributed by atoms with Crippen LogP contribution in [0.1, 0.15) is 25.3 Å². The Bertz CT molecular complexity index is 471. The lowest BCUT2D eigenvalue weighted by Crippen LogP contribution is -2.29. The fraction of sp³-hybridized carbons (Fsp3) is 0.500. The topological polar surface area (TPSA) is 61.4 Å². The summed E-state index contributed by atoms with van der Waals surface area (Å²) in [5, 5.41) is 16.0. The van der Waals surface area contributed by atoms with Crippen molar-refractivity contribution in [2.75, 3.05) is 18.4 Å². The van der Waals surface area contributed by atoms with E-state index in [4.69, 9.17) is 0 Å². The fourth-order valence-electron chi connectivity index (χ4n) is 2.50. The second-order valence-electron chi connectivity index (χ2n) is 5.00. The van der Waals surface area contributed by atoms with Gasteiger partial charge in [0.15, 0.2) is 0 Å². The highest BCUT2D eigenvalue weighted by atomic mass is 79.9. The van der Waals surface area contributed by atoms with E-state index in [9.17, 15) is 9.90 Å². The summed E-state index contributed by atoms with van der Waals surface area (Å²) in [6.45, 7) is 3.53. The number of anilines is 1. The van der Waals surface area contributed by atoms with E-state index < -0.39 is 0 Å². The lowest BCUT2D eigenvalue weighted by molar-refractivity contribution is -0.114. The number of piperidine rings is 1. The Balaban J connectivity index is 2.25. The Labute approximate surface area is 121 Å². The van der Waals surface area contributed by atoms with Crippen LogP contribution in [0, 0.1) is 5.92 Å². The summed E-state index contributed by atoms with van der Waals surface area (Å²) in [4.78, 5) is 11.3. The highest BCUT2D eigenvalue weighted by Crippen LogP contribution is 2.36. The van der Waals surface area contributed by atoms with E-state index in [0.29, 0.717) is 11.6 Å². The molecule has 4 nitrogen and oxygen atoms in total. The van der Waals surface area contributed by atoms with Crippen LogP contribution in [0.15, 0.2) is 16.6 Å². The van der Waals surface area contributed by atoms with Crippen molar-refractivity contribution in [2.24, 2.45) is 5.92 Å². The predicted octanol–water partition coefficient (Wildman–Crippen LogP) is 2.66. The summed E-state index contributed by atoms with van der Waals surface area (Å²) in [6, 6.07) is 3.43. The maximum atomic E-state index is 11.3. The van der Waals surface area contributed by atoms with Gasteiger partial charge >= 0.3 is 0 Å². The van der Waals surface area contributed by atoms with Crippen molar-refractivity contribution in [3.05, 3.63) is 22.2 Å². The summed E-state index contributed by atoms with van der Waals surface area (Å²) in [6.07, 6.45) is 3.12. The standard InChI is InChI=1S/C14H19BrN2O2/c1-9(18)17-14-11(12(15)2-3-13(14)19)8-10-4-6-16-7-5-10/h2-3,10,16,19H,4-8H2,1H3,(H,17,18). The molecule has 1 saturated heterocycles. The van der Waals surface area contributed by atoms with Crippen molar-refractivity contribution < 1.29 is 9.90 Å². The lowest BCUT2D eigenvalue weighted by atomic mass is 9.90. The maximum absolute atomic E-state index is 11.3. The van der Waals surface area contributed by atoms with Crippen molar-refractivity contribution in [1.29, 1.82) is 0 Å². The van der Waals surface area contributed by atoms with Crippen LogP contribution in [0.2, 0.25) is 0 Å². The zero-order valence-corrected chi connectivity index (χ0v) is 12.6. The first-order valence-corrected chi connectivity index (χ1v) is 7.36. The molecule has 1 amide bonds. The molecule has 1 aromatic rings. The van der Waals surface area contributed by atoms with Gasteiger partial charge in [-0.3, -0.25) is 4.79 Å². The Morgan fingerprint density at radius 3 is 2.79 bits per heavy atom. The minimum absolute atomic E-state index is 0.127. The van der Waals surface area contributed by atoms with Crippen LogP contribution < -0.4 is 10.6 Å². The van der Waals surface area contributed by atoms with Gasteiger partial charge < -0.3 is 15.7 Å². The van der Waals surface area contributed by atoms with Crippen molar-refractivity contribution >= 4 is 27.5 Å². The Hall–Kier alpha value is -1.07. The van der Waals surface area contributed by atoms with Crippen LogP contribution in [-0.4, -0.2) is 24.1 Å². The third-order valence-electron chi connectivity index (χ3n) is 3.49. The molecule has 0 unspecified atom stereocenters. The van der Waals surface area contributed by atoms with Crippen molar-refractivity contribution in [3.63, 3.8) is 0 Å². The summed E-state index contributed by atoms with van der Waals surface area (Å²) in [7, 11) is 0. The van der Waals surface area contributed by atoms with E-state index in [1.54, 1.807) is 6.07 Å². The van der Waals surface area contributed by atoms with Gasteiger partial charge in [0, 0.05) is 11.4 Å². The Morgan fingerprint density at radius 2 is 2.16 bits per heavy atom. The van der Waals surface area contributed by atoms with Gasteiger partial charge in [-0.15, -0.1) is 0 Å². The highest BCUT2D eigenvalue weighted by Gasteiger charge is 2.19. The molecule has 0 aliphatic carbocycles. The van der Waals surface area contributed by atoms with E-state index in [-0.39, 0.29) is 11.7 Å². The van der Waals surface area contributed by atoms with Crippen molar-refractivity contribution in [2.45, 2.75) is 26.2 Å². The largest absolute Gasteiger partial charge is 0.506 e. The molecule has 5 heteroatoms. The fourth-order valence-corrected chi connectivity index (χ4v) is 2.99. The quantitative estimate of drug-likeness (QED) is 0.748. The number of rotatable bonds is 3. The average Bonchev–Trinajstić information content (AvgIpc) is 2.39. The molecule has 1 aromatic carbocycles. The number of halogens is 1. The SMILES string of the molecule is CC(=O)Nc1c(O)ccc(Br)c1CC1CCNCC1. The second kappa shape index (κ2) is 6.39. The molecule has 1 aliphatic heterocycles. The Kier molecular flexibility index (Phi) is 4.82. The van der Waals surface area contributed by atoms with E-state index in [1.165, 1.54) is 6.92 Å². The van der Waals surface area contributed by atoms with Crippen LogP contribution in [0.4, 0.5) is 5.69 Å². The average molecular weight is 327 g/mol. The second-order valence-corrected chi connectivity index (χ2v) is 5.85. The number of benzene rings is 1. The number of phenolic OH excluding ortho intramolecular Hbond substituents is 1. The molecule has 1 heterocycles. The Morgan fingerprint density at radius 1 is 1.47 bits per heavy atom. The maximum Gasteiger partial charge on any atom is 0.221 e. The molecule has 0 aromatic heterocycles. The summed E-state index contributed by atoms with van der Waals surface area (Å²) >= 11 is 3.52. The zero-order valence-electron chi connectivity index (χ0n) is 11.0. The molecule has 19 heavy (non-hydrogen) atoms. The molecule has 104 valence electrons. The molecular weight excluding hydrogens is 308 g/mol. The normalized spacial score (nSPS) is 16.3. The van der Waals surface area contributed by atoms with E-state index in [2.05, 4.69) is 26.6 Å².